The lowest BCUT2D eigenvalue weighted by molar-refractivity contribution is -0.122. The van der Waals surface area contributed by atoms with Gasteiger partial charge in [-0.1, -0.05) is 49.2 Å². The van der Waals surface area contributed by atoms with Crippen LogP contribution >= 0.6 is 23.2 Å². The summed E-state index contributed by atoms with van der Waals surface area (Å²) in [5.41, 5.74) is 1.73. The van der Waals surface area contributed by atoms with Crippen molar-refractivity contribution in [3.05, 3.63) is 58.1 Å². The van der Waals surface area contributed by atoms with Crippen molar-refractivity contribution in [3.8, 4) is 5.75 Å². The molecule has 23 heavy (non-hydrogen) atoms. The van der Waals surface area contributed by atoms with Crippen molar-refractivity contribution in [1.29, 1.82) is 0 Å². The molecule has 0 aliphatic carbocycles. The zero-order valence-corrected chi connectivity index (χ0v) is 14.8. The van der Waals surface area contributed by atoms with Crippen molar-refractivity contribution in [1.82, 2.24) is 0 Å². The van der Waals surface area contributed by atoms with E-state index in [-0.39, 0.29) is 5.91 Å². The van der Waals surface area contributed by atoms with Crippen molar-refractivity contribution in [2.24, 2.45) is 0 Å². The van der Waals surface area contributed by atoms with Crippen LogP contribution in [0, 0.1) is 0 Å². The lowest BCUT2D eigenvalue weighted by Crippen LogP contribution is -2.30. The molecular formula is C18H19Cl2NO2. The molecule has 1 N–H and O–H groups in total. The fourth-order valence-electron chi connectivity index (χ4n) is 2.01. The highest BCUT2D eigenvalue weighted by molar-refractivity contribution is 6.36. The first kappa shape index (κ1) is 17.6. The van der Waals surface area contributed by atoms with E-state index in [0.717, 1.165) is 0 Å². The van der Waals surface area contributed by atoms with E-state index in [1.165, 1.54) is 5.56 Å². The zero-order valence-electron chi connectivity index (χ0n) is 13.3. The Labute approximate surface area is 146 Å². The fraction of sp³-hybridized carbons (Fsp3) is 0.278. The number of hydrogen-bond donors (Lipinski definition) is 1. The van der Waals surface area contributed by atoms with Crippen LogP contribution in [0.15, 0.2) is 42.5 Å². The van der Waals surface area contributed by atoms with Crippen LogP contribution in [0.1, 0.15) is 32.3 Å². The maximum Gasteiger partial charge on any atom is 0.265 e. The van der Waals surface area contributed by atoms with E-state index in [1.54, 1.807) is 25.1 Å². The maximum absolute atomic E-state index is 12.2. The molecule has 0 saturated carbocycles. The predicted octanol–water partition coefficient (Wildman–Crippen LogP) is 5.52. The number of amides is 1. The van der Waals surface area contributed by atoms with Crippen LogP contribution in [-0.4, -0.2) is 12.0 Å². The van der Waals surface area contributed by atoms with Crippen molar-refractivity contribution in [3.63, 3.8) is 0 Å². The molecule has 0 radical (unpaired) electrons. The van der Waals surface area contributed by atoms with Crippen molar-refractivity contribution in [2.45, 2.75) is 32.8 Å². The molecule has 0 aliphatic heterocycles. The van der Waals surface area contributed by atoms with Gasteiger partial charge in [0.05, 0.1) is 10.7 Å². The zero-order chi connectivity index (χ0) is 17.0. The molecule has 1 atom stereocenters. The Hall–Kier alpha value is -1.71. The number of carbonyl (C=O) groups is 1. The average Bonchev–Trinajstić information content (AvgIpc) is 2.50. The number of benzene rings is 2. The molecule has 5 heteroatoms. The van der Waals surface area contributed by atoms with Gasteiger partial charge in [-0.05, 0) is 48.7 Å². The highest BCUT2D eigenvalue weighted by Gasteiger charge is 2.16. The second kappa shape index (κ2) is 7.71. The van der Waals surface area contributed by atoms with E-state index in [4.69, 9.17) is 27.9 Å². The molecule has 0 spiro atoms. The number of rotatable bonds is 5. The normalized spacial score (nSPS) is 12.1. The highest BCUT2D eigenvalue weighted by atomic mass is 35.5. The highest BCUT2D eigenvalue weighted by Crippen LogP contribution is 2.26. The van der Waals surface area contributed by atoms with Crippen LogP contribution in [0.5, 0.6) is 5.75 Å². The third kappa shape index (κ3) is 4.88. The number of hydrogen-bond acceptors (Lipinski definition) is 2. The lowest BCUT2D eigenvalue weighted by Gasteiger charge is -2.16. The molecule has 3 nitrogen and oxygen atoms in total. The van der Waals surface area contributed by atoms with Gasteiger partial charge in [0, 0.05) is 5.02 Å². The fourth-order valence-corrected chi connectivity index (χ4v) is 2.47. The Kier molecular flexibility index (Phi) is 5.91. The Morgan fingerprint density at radius 3 is 2.26 bits per heavy atom. The summed E-state index contributed by atoms with van der Waals surface area (Å²) in [5, 5.41) is 3.64. The Balaban J connectivity index is 1.99. The Morgan fingerprint density at radius 2 is 1.70 bits per heavy atom. The largest absolute Gasteiger partial charge is 0.481 e. The molecule has 0 aromatic heterocycles. The SMILES string of the molecule is CC(C)c1ccc(O[C@@H](C)C(=O)Nc2ccc(Cl)cc2Cl)cc1. The van der Waals surface area contributed by atoms with Crippen LogP contribution < -0.4 is 10.1 Å². The minimum Gasteiger partial charge on any atom is -0.481 e. The van der Waals surface area contributed by atoms with E-state index in [1.807, 2.05) is 24.3 Å². The van der Waals surface area contributed by atoms with Gasteiger partial charge in [-0.2, -0.15) is 0 Å². The van der Waals surface area contributed by atoms with Crippen LogP contribution in [0.3, 0.4) is 0 Å². The minimum atomic E-state index is -0.647. The first-order valence-corrected chi connectivity index (χ1v) is 8.15. The van der Waals surface area contributed by atoms with Gasteiger partial charge < -0.3 is 10.1 Å². The van der Waals surface area contributed by atoms with E-state index in [0.29, 0.717) is 27.4 Å². The van der Waals surface area contributed by atoms with Gasteiger partial charge in [0.1, 0.15) is 5.75 Å². The first-order valence-electron chi connectivity index (χ1n) is 7.39. The number of ether oxygens (including phenoxy) is 1. The molecule has 0 aliphatic rings. The topological polar surface area (TPSA) is 38.3 Å². The molecule has 0 unspecified atom stereocenters. The van der Waals surface area contributed by atoms with Crippen LogP contribution in [0.25, 0.3) is 0 Å². The number of anilines is 1. The second-order valence-corrected chi connectivity index (χ2v) is 6.44. The van der Waals surface area contributed by atoms with Gasteiger partial charge >= 0.3 is 0 Å². The van der Waals surface area contributed by atoms with E-state index in [2.05, 4.69) is 19.2 Å². The summed E-state index contributed by atoms with van der Waals surface area (Å²) < 4.78 is 5.67. The summed E-state index contributed by atoms with van der Waals surface area (Å²) in [4.78, 5) is 12.2. The van der Waals surface area contributed by atoms with Crippen LogP contribution in [0.4, 0.5) is 5.69 Å². The van der Waals surface area contributed by atoms with Crippen molar-refractivity contribution in [2.75, 3.05) is 5.32 Å². The molecule has 2 rings (SSSR count). The summed E-state index contributed by atoms with van der Waals surface area (Å²) in [7, 11) is 0. The summed E-state index contributed by atoms with van der Waals surface area (Å²) in [6.45, 7) is 5.94. The molecule has 0 saturated heterocycles. The summed E-state index contributed by atoms with van der Waals surface area (Å²) >= 11 is 11.9. The van der Waals surface area contributed by atoms with E-state index >= 15 is 0 Å². The lowest BCUT2D eigenvalue weighted by atomic mass is 10.0. The second-order valence-electron chi connectivity index (χ2n) is 5.60. The molecule has 0 bridgehead atoms. The number of nitrogens with one attached hydrogen (secondary N) is 1. The smallest absolute Gasteiger partial charge is 0.265 e. The Morgan fingerprint density at radius 1 is 1.04 bits per heavy atom. The van der Waals surface area contributed by atoms with Gasteiger partial charge in [0.25, 0.3) is 5.91 Å². The van der Waals surface area contributed by atoms with E-state index in [9.17, 15) is 4.79 Å². The van der Waals surface area contributed by atoms with Gasteiger partial charge in [0.2, 0.25) is 0 Å². The maximum atomic E-state index is 12.2. The third-order valence-electron chi connectivity index (χ3n) is 3.42. The summed E-state index contributed by atoms with van der Waals surface area (Å²) in [5.74, 6) is 0.832. The summed E-state index contributed by atoms with van der Waals surface area (Å²) in [6.07, 6.45) is -0.647. The number of carbonyl (C=O) groups excluding carboxylic acids is 1. The molecule has 2 aromatic rings. The van der Waals surface area contributed by atoms with Gasteiger partial charge in [-0.25, -0.2) is 0 Å². The molecule has 0 fully saturated rings. The summed E-state index contributed by atoms with van der Waals surface area (Å²) in [6, 6.07) is 12.6. The third-order valence-corrected chi connectivity index (χ3v) is 3.97. The minimum absolute atomic E-state index is 0.276. The van der Waals surface area contributed by atoms with Crippen LogP contribution in [0.2, 0.25) is 10.0 Å². The molecule has 0 heterocycles. The van der Waals surface area contributed by atoms with Crippen LogP contribution in [-0.2, 0) is 4.79 Å². The predicted molar refractivity (Wildman–Crippen MR) is 95.7 cm³/mol. The molecule has 1 amide bonds. The van der Waals surface area contributed by atoms with Gasteiger partial charge in [-0.3, -0.25) is 4.79 Å². The molecular weight excluding hydrogens is 333 g/mol. The monoisotopic (exact) mass is 351 g/mol. The average molecular weight is 352 g/mol. The van der Waals surface area contributed by atoms with Gasteiger partial charge in [0.15, 0.2) is 6.10 Å². The molecule has 122 valence electrons. The first-order chi connectivity index (χ1) is 10.9. The van der Waals surface area contributed by atoms with Gasteiger partial charge in [-0.15, -0.1) is 0 Å². The quantitative estimate of drug-likeness (QED) is 0.769. The van der Waals surface area contributed by atoms with Crippen molar-refractivity contribution < 1.29 is 9.53 Å². The van der Waals surface area contributed by atoms with Crippen molar-refractivity contribution >= 4 is 34.8 Å². The molecule has 2 aromatic carbocycles. The van der Waals surface area contributed by atoms with E-state index < -0.39 is 6.10 Å². The number of halogens is 2. The Bertz CT molecular complexity index is 684. The standard InChI is InChI=1S/C18H19Cl2NO2/c1-11(2)13-4-7-15(8-5-13)23-12(3)18(22)21-17-9-6-14(19)10-16(17)20/h4-12H,1-3H3,(H,21,22)/t12-/m0/s1.